The summed E-state index contributed by atoms with van der Waals surface area (Å²) in [4.78, 5) is 0.0441. The SMILES string of the molecule is C=C(C)CN(C)S(=O)(=O)c1ccc(F)cc1Br. The van der Waals surface area contributed by atoms with Gasteiger partial charge in [-0.1, -0.05) is 12.2 Å². The molecule has 3 nitrogen and oxygen atoms in total. The van der Waals surface area contributed by atoms with E-state index in [1.54, 1.807) is 6.92 Å². The van der Waals surface area contributed by atoms with Crippen LogP contribution < -0.4 is 0 Å². The van der Waals surface area contributed by atoms with Crippen LogP contribution in [-0.4, -0.2) is 26.3 Å². The lowest BCUT2D eigenvalue weighted by molar-refractivity contribution is 0.492. The lowest BCUT2D eigenvalue weighted by atomic mass is 10.3. The first kappa shape index (κ1) is 14.3. The number of hydrogen-bond donors (Lipinski definition) is 0. The molecule has 6 heteroatoms. The smallest absolute Gasteiger partial charge is 0.207 e. The Kier molecular flexibility index (Phi) is 4.46. The van der Waals surface area contributed by atoms with Crippen LogP contribution >= 0.6 is 15.9 Å². The van der Waals surface area contributed by atoms with Crippen LogP contribution in [-0.2, 0) is 10.0 Å². The van der Waals surface area contributed by atoms with E-state index < -0.39 is 15.8 Å². The van der Waals surface area contributed by atoms with Gasteiger partial charge in [-0.25, -0.2) is 12.8 Å². The highest BCUT2D eigenvalue weighted by molar-refractivity contribution is 9.10. The number of nitrogens with zero attached hydrogens (tertiary/aromatic N) is 1. The van der Waals surface area contributed by atoms with Crippen molar-refractivity contribution in [1.29, 1.82) is 0 Å². The first-order chi connectivity index (χ1) is 7.75. The minimum Gasteiger partial charge on any atom is -0.207 e. The maximum atomic E-state index is 12.9. The van der Waals surface area contributed by atoms with Crippen LogP contribution in [0.25, 0.3) is 0 Å². The van der Waals surface area contributed by atoms with Crippen molar-refractivity contribution in [2.24, 2.45) is 0 Å². The zero-order valence-corrected chi connectivity index (χ0v) is 12.0. The third kappa shape index (κ3) is 3.37. The summed E-state index contributed by atoms with van der Waals surface area (Å²) in [5, 5.41) is 0. The first-order valence-electron chi connectivity index (χ1n) is 4.81. The van der Waals surface area contributed by atoms with Crippen LogP contribution in [0.3, 0.4) is 0 Å². The Morgan fingerprint density at radius 1 is 1.53 bits per heavy atom. The fourth-order valence-corrected chi connectivity index (χ4v) is 3.55. The van der Waals surface area contributed by atoms with Gasteiger partial charge in [0.25, 0.3) is 0 Å². The molecular formula is C11H13BrFNO2S. The van der Waals surface area contributed by atoms with E-state index in [0.717, 1.165) is 17.7 Å². The Labute approximate surface area is 109 Å². The maximum absolute atomic E-state index is 12.9. The van der Waals surface area contributed by atoms with Crippen molar-refractivity contribution in [3.05, 3.63) is 40.6 Å². The zero-order valence-electron chi connectivity index (χ0n) is 9.57. The van der Waals surface area contributed by atoms with Crippen molar-refractivity contribution in [2.75, 3.05) is 13.6 Å². The summed E-state index contributed by atoms with van der Waals surface area (Å²) >= 11 is 3.05. The molecule has 17 heavy (non-hydrogen) atoms. The average Bonchev–Trinajstić information content (AvgIpc) is 2.15. The van der Waals surface area contributed by atoms with Crippen LogP contribution in [0.5, 0.6) is 0 Å². The largest absolute Gasteiger partial charge is 0.244 e. The van der Waals surface area contributed by atoms with Gasteiger partial charge in [-0.15, -0.1) is 0 Å². The van der Waals surface area contributed by atoms with Crippen molar-refractivity contribution >= 4 is 26.0 Å². The first-order valence-corrected chi connectivity index (χ1v) is 7.04. The van der Waals surface area contributed by atoms with Gasteiger partial charge in [-0.3, -0.25) is 0 Å². The van der Waals surface area contributed by atoms with Crippen molar-refractivity contribution in [1.82, 2.24) is 4.31 Å². The molecule has 0 radical (unpaired) electrons. The molecule has 0 saturated carbocycles. The normalized spacial score (nSPS) is 11.8. The molecule has 94 valence electrons. The van der Waals surface area contributed by atoms with Gasteiger partial charge in [0.2, 0.25) is 10.0 Å². The fraction of sp³-hybridized carbons (Fsp3) is 0.273. The lowest BCUT2D eigenvalue weighted by Crippen LogP contribution is -2.28. The maximum Gasteiger partial charge on any atom is 0.244 e. The summed E-state index contributed by atoms with van der Waals surface area (Å²) in [6.07, 6.45) is 0. The molecule has 0 amide bonds. The number of benzene rings is 1. The summed E-state index contributed by atoms with van der Waals surface area (Å²) < 4.78 is 38.5. The highest BCUT2D eigenvalue weighted by atomic mass is 79.9. The van der Waals surface area contributed by atoms with Crippen molar-refractivity contribution < 1.29 is 12.8 Å². The second kappa shape index (κ2) is 5.29. The summed E-state index contributed by atoms with van der Waals surface area (Å²) in [7, 11) is -2.16. The molecule has 0 N–H and O–H groups in total. The van der Waals surface area contributed by atoms with E-state index in [9.17, 15) is 12.8 Å². The van der Waals surface area contributed by atoms with Gasteiger partial charge in [0.15, 0.2) is 0 Å². The third-order valence-electron chi connectivity index (χ3n) is 2.07. The van der Waals surface area contributed by atoms with Crippen molar-refractivity contribution in [2.45, 2.75) is 11.8 Å². The average molecular weight is 322 g/mol. The van der Waals surface area contributed by atoms with Crippen LogP contribution in [0.4, 0.5) is 4.39 Å². The lowest BCUT2D eigenvalue weighted by Gasteiger charge is -2.18. The number of halogens is 2. The summed E-state index contributed by atoms with van der Waals surface area (Å²) in [6.45, 7) is 5.63. The Balaban J connectivity index is 3.17. The Bertz CT molecular complexity index is 542. The number of rotatable bonds is 4. The molecular weight excluding hydrogens is 309 g/mol. The minimum atomic E-state index is -3.62. The molecule has 1 aromatic carbocycles. The van der Waals surface area contributed by atoms with Gasteiger partial charge in [0, 0.05) is 18.1 Å². The molecule has 0 bridgehead atoms. The van der Waals surface area contributed by atoms with Crippen LogP contribution in [0.15, 0.2) is 39.7 Å². The van der Waals surface area contributed by atoms with Gasteiger partial charge in [-0.05, 0) is 41.1 Å². The molecule has 0 aliphatic heterocycles. The molecule has 0 heterocycles. The second-order valence-electron chi connectivity index (χ2n) is 3.79. The molecule has 0 atom stereocenters. The standard InChI is InChI=1S/C11H13BrFNO2S/c1-8(2)7-14(3)17(15,16)11-5-4-9(13)6-10(11)12/h4-6H,1,7H2,2-3H3. The summed E-state index contributed by atoms with van der Waals surface area (Å²) in [5.41, 5.74) is 0.731. The Morgan fingerprint density at radius 3 is 2.59 bits per heavy atom. The molecule has 0 unspecified atom stereocenters. The van der Waals surface area contributed by atoms with Crippen LogP contribution in [0, 0.1) is 5.82 Å². The van der Waals surface area contributed by atoms with E-state index in [-0.39, 0.29) is 15.9 Å². The molecule has 0 aliphatic rings. The number of sulfonamides is 1. The van der Waals surface area contributed by atoms with Gasteiger partial charge < -0.3 is 0 Å². The van der Waals surface area contributed by atoms with E-state index in [4.69, 9.17) is 0 Å². The molecule has 1 aromatic rings. The highest BCUT2D eigenvalue weighted by Crippen LogP contribution is 2.25. The van der Waals surface area contributed by atoms with Gasteiger partial charge in [0.05, 0.1) is 4.90 Å². The predicted molar refractivity (Wildman–Crippen MR) is 68.7 cm³/mol. The highest BCUT2D eigenvalue weighted by Gasteiger charge is 2.23. The summed E-state index contributed by atoms with van der Waals surface area (Å²) in [6, 6.07) is 3.48. The predicted octanol–water partition coefficient (Wildman–Crippen LogP) is 2.78. The third-order valence-corrected chi connectivity index (χ3v) is 4.85. The zero-order chi connectivity index (χ0) is 13.2. The van der Waals surface area contributed by atoms with Crippen molar-refractivity contribution in [3.8, 4) is 0 Å². The number of hydrogen-bond acceptors (Lipinski definition) is 2. The van der Waals surface area contributed by atoms with Gasteiger partial charge in [-0.2, -0.15) is 4.31 Å². The number of likely N-dealkylation sites (N-methyl/N-ethyl adjacent to an activating group) is 1. The van der Waals surface area contributed by atoms with E-state index in [1.165, 1.54) is 17.4 Å². The quantitative estimate of drug-likeness (QED) is 0.800. The molecule has 1 rings (SSSR count). The van der Waals surface area contributed by atoms with E-state index in [2.05, 4.69) is 22.5 Å². The molecule has 0 saturated heterocycles. The Morgan fingerprint density at radius 2 is 2.12 bits per heavy atom. The second-order valence-corrected chi connectivity index (χ2v) is 6.66. The van der Waals surface area contributed by atoms with Gasteiger partial charge in [0.1, 0.15) is 5.82 Å². The fourth-order valence-electron chi connectivity index (χ4n) is 1.32. The monoisotopic (exact) mass is 321 g/mol. The molecule has 0 aliphatic carbocycles. The van der Waals surface area contributed by atoms with Crippen molar-refractivity contribution in [3.63, 3.8) is 0 Å². The topological polar surface area (TPSA) is 37.4 Å². The molecule has 0 fully saturated rings. The van der Waals surface area contributed by atoms with Crippen LogP contribution in [0.2, 0.25) is 0 Å². The Hall–Kier alpha value is -0.720. The van der Waals surface area contributed by atoms with E-state index in [0.29, 0.717) is 0 Å². The minimum absolute atomic E-state index is 0.0441. The van der Waals surface area contributed by atoms with E-state index >= 15 is 0 Å². The molecule has 0 aromatic heterocycles. The summed E-state index contributed by atoms with van der Waals surface area (Å²) in [5.74, 6) is -0.488. The molecule has 0 spiro atoms. The van der Waals surface area contributed by atoms with E-state index in [1.807, 2.05) is 0 Å². The van der Waals surface area contributed by atoms with Gasteiger partial charge >= 0.3 is 0 Å². The van der Waals surface area contributed by atoms with Crippen LogP contribution in [0.1, 0.15) is 6.92 Å².